The highest BCUT2D eigenvalue weighted by Crippen LogP contribution is 2.20. The fourth-order valence-corrected chi connectivity index (χ4v) is 2.35. The smallest absolute Gasteiger partial charge is 0.252 e. The Kier molecular flexibility index (Phi) is 4.83. The lowest BCUT2D eigenvalue weighted by Crippen LogP contribution is -2.23. The van der Waals surface area contributed by atoms with Crippen molar-refractivity contribution < 1.29 is 4.79 Å². The summed E-state index contributed by atoms with van der Waals surface area (Å²) < 4.78 is 0.721. The lowest BCUT2D eigenvalue weighted by molar-refractivity contribution is 0.0950. The minimum atomic E-state index is -0.185. The van der Waals surface area contributed by atoms with Gasteiger partial charge in [-0.05, 0) is 51.8 Å². The molecule has 100 valence electrons. The molecule has 5 heteroatoms. The number of thiol groups is 1. The van der Waals surface area contributed by atoms with Crippen molar-refractivity contribution in [2.24, 2.45) is 0 Å². The van der Waals surface area contributed by atoms with Crippen molar-refractivity contribution in [2.45, 2.75) is 11.4 Å². The van der Waals surface area contributed by atoms with Crippen LogP contribution in [0.15, 0.2) is 51.8 Å². The molecule has 2 aromatic carbocycles. The third kappa shape index (κ3) is 3.62. The molecule has 0 aliphatic heterocycles. The summed E-state index contributed by atoms with van der Waals surface area (Å²) >= 11 is 7.57. The first-order valence-corrected chi connectivity index (χ1v) is 7.10. The van der Waals surface area contributed by atoms with Crippen molar-refractivity contribution in [1.82, 2.24) is 5.32 Å². The van der Waals surface area contributed by atoms with Crippen molar-refractivity contribution in [3.63, 3.8) is 0 Å². The number of nitriles is 1. The summed E-state index contributed by atoms with van der Waals surface area (Å²) in [7, 11) is 0. The second-order valence-corrected chi connectivity index (χ2v) is 5.53. The van der Waals surface area contributed by atoms with Gasteiger partial charge in [0.25, 0.3) is 5.91 Å². The largest absolute Gasteiger partial charge is 0.348 e. The van der Waals surface area contributed by atoms with Crippen LogP contribution in [-0.2, 0) is 6.54 Å². The van der Waals surface area contributed by atoms with E-state index < -0.39 is 0 Å². The van der Waals surface area contributed by atoms with Gasteiger partial charge in [0.15, 0.2) is 0 Å². The van der Waals surface area contributed by atoms with Gasteiger partial charge in [0.2, 0.25) is 0 Å². The molecule has 3 nitrogen and oxygen atoms in total. The fraction of sp³-hybridized carbons (Fsp3) is 0.0667. The van der Waals surface area contributed by atoms with Gasteiger partial charge in [0.1, 0.15) is 0 Å². The molecule has 1 N–H and O–H groups in total. The van der Waals surface area contributed by atoms with E-state index in [0.29, 0.717) is 17.7 Å². The van der Waals surface area contributed by atoms with Crippen LogP contribution in [0.25, 0.3) is 0 Å². The molecule has 0 aliphatic rings. The Morgan fingerprint density at radius 3 is 2.85 bits per heavy atom. The topological polar surface area (TPSA) is 52.9 Å². The fourth-order valence-electron chi connectivity index (χ4n) is 1.72. The van der Waals surface area contributed by atoms with Crippen molar-refractivity contribution in [3.05, 3.63) is 63.6 Å². The average molecular weight is 347 g/mol. The summed E-state index contributed by atoms with van der Waals surface area (Å²) in [6.07, 6.45) is 0. The van der Waals surface area contributed by atoms with Gasteiger partial charge in [-0.1, -0.05) is 12.1 Å². The molecular formula is C15H11BrN2OS. The number of nitrogens with zero attached hydrogens (tertiary/aromatic N) is 1. The second kappa shape index (κ2) is 6.60. The molecular weight excluding hydrogens is 336 g/mol. The maximum atomic E-state index is 12.1. The first kappa shape index (κ1) is 14.6. The molecule has 0 aromatic heterocycles. The molecule has 1 amide bonds. The Morgan fingerprint density at radius 1 is 1.30 bits per heavy atom. The van der Waals surface area contributed by atoms with E-state index in [1.807, 2.05) is 6.07 Å². The molecule has 0 saturated carbocycles. The lowest BCUT2D eigenvalue weighted by Gasteiger charge is -2.08. The van der Waals surface area contributed by atoms with E-state index in [0.717, 1.165) is 14.9 Å². The molecule has 20 heavy (non-hydrogen) atoms. The van der Waals surface area contributed by atoms with Crippen LogP contribution in [0.5, 0.6) is 0 Å². The van der Waals surface area contributed by atoms with Crippen LogP contribution in [0.4, 0.5) is 0 Å². The second-order valence-electron chi connectivity index (χ2n) is 4.16. The molecule has 0 unspecified atom stereocenters. The first-order valence-electron chi connectivity index (χ1n) is 5.86. The molecule has 2 aromatic rings. The minimum absolute atomic E-state index is 0.185. The maximum Gasteiger partial charge on any atom is 0.252 e. The lowest BCUT2D eigenvalue weighted by atomic mass is 10.1. The monoisotopic (exact) mass is 346 g/mol. The van der Waals surface area contributed by atoms with Crippen LogP contribution >= 0.6 is 28.6 Å². The van der Waals surface area contributed by atoms with E-state index in [1.165, 1.54) is 0 Å². The Balaban J connectivity index is 2.09. The zero-order chi connectivity index (χ0) is 14.5. The van der Waals surface area contributed by atoms with E-state index >= 15 is 0 Å². The predicted molar refractivity (Wildman–Crippen MR) is 83.7 cm³/mol. The summed E-state index contributed by atoms with van der Waals surface area (Å²) in [5, 5.41) is 11.7. The van der Waals surface area contributed by atoms with Crippen LogP contribution in [0.2, 0.25) is 0 Å². The number of benzene rings is 2. The number of rotatable bonds is 3. The van der Waals surface area contributed by atoms with Gasteiger partial charge in [0.05, 0.1) is 17.2 Å². The quantitative estimate of drug-likeness (QED) is 0.835. The number of amides is 1. The summed E-state index contributed by atoms with van der Waals surface area (Å²) in [4.78, 5) is 12.8. The summed E-state index contributed by atoms with van der Waals surface area (Å²) in [5.74, 6) is -0.185. The molecule has 0 atom stereocenters. The normalized spacial score (nSPS) is 9.85. The molecule has 0 fully saturated rings. The number of nitrogens with one attached hydrogen (secondary N) is 1. The van der Waals surface area contributed by atoms with Gasteiger partial charge >= 0.3 is 0 Å². The SMILES string of the molecule is N#Cc1cccc(CNC(=O)c2cc(S)ccc2Br)c1. The number of hydrogen-bond donors (Lipinski definition) is 2. The van der Waals surface area contributed by atoms with E-state index in [2.05, 4.69) is 39.9 Å². The maximum absolute atomic E-state index is 12.1. The van der Waals surface area contributed by atoms with Gasteiger partial charge in [0, 0.05) is 15.9 Å². The number of carbonyl (C=O) groups is 1. The van der Waals surface area contributed by atoms with Crippen LogP contribution in [0, 0.1) is 11.3 Å². The highest BCUT2D eigenvalue weighted by atomic mass is 79.9. The Bertz CT molecular complexity index is 695. The number of halogens is 1. The third-order valence-electron chi connectivity index (χ3n) is 2.70. The standard InChI is InChI=1S/C15H11BrN2OS/c16-14-5-4-12(20)7-13(14)15(19)18-9-11-3-1-2-10(6-11)8-17/h1-7,20H,9H2,(H,18,19). The highest BCUT2D eigenvalue weighted by Gasteiger charge is 2.10. The minimum Gasteiger partial charge on any atom is -0.348 e. The van der Waals surface area contributed by atoms with Crippen molar-refractivity contribution in [1.29, 1.82) is 5.26 Å². The van der Waals surface area contributed by atoms with Crippen molar-refractivity contribution in [2.75, 3.05) is 0 Å². The Morgan fingerprint density at radius 2 is 2.10 bits per heavy atom. The Labute approximate surface area is 131 Å². The van der Waals surface area contributed by atoms with Gasteiger partial charge in [-0.15, -0.1) is 12.6 Å². The van der Waals surface area contributed by atoms with E-state index in [4.69, 9.17) is 5.26 Å². The van der Waals surface area contributed by atoms with Crippen LogP contribution in [0.1, 0.15) is 21.5 Å². The Hall–Kier alpha value is -1.77. The van der Waals surface area contributed by atoms with Gasteiger partial charge in [-0.3, -0.25) is 4.79 Å². The van der Waals surface area contributed by atoms with Crippen LogP contribution in [-0.4, -0.2) is 5.91 Å². The van der Waals surface area contributed by atoms with E-state index in [1.54, 1.807) is 36.4 Å². The average Bonchev–Trinajstić information content (AvgIpc) is 2.47. The number of hydrogen-bond acceptors (Lipinski definition) is 3. The van der Waals surface area contributed by atoms with Crippen molar-refractivity contribution >= 4 is 34.5 Å². The van der Waals surface area contributed by atoms with Gasteiger partial charge < -0.3 is 5.32 Å². The molecule has 0 radical (unpaired) electrons. The molecule has 0 spiro atoms. The van der Waals surface area contributed by atoms with Gasteiger partial charge in [-0.25, -0.2) is 0 Å². The molecule has 0 heterocycles. The summed E-state index contributed by atoms with van der Waals surface area (Å²) in [6, 6.07) is 14.5. The molecule has 2 rings (SSSR count). The van der Waals surface area contributed by atoms with Gasteiger partial charge in [-0.2, -0.15) is 5.26 Å². The van der Waals surface area contributed by atoms with E-state index in [9.17, 15) is 4.79 Å². The third-order valence-corrected chi connectivity index (χ3v) is 3.67. The summed E-state index contributed by atoms with van der Waals surface area (Å²) in [5.41, 5.74) is 2.00. The summed E-state index contributed by atoms with van der Waals surface area (Å²) in [6.45, 7) is 0.373. The van der Waals surface area contributed by atoms with E-state index in [-0.39, 0.29) is 5.91 Å². The predicted octanol–water partition coefficient (Wildman–Crippen LogP) is 3.54. The first-order chi connectivity index (χ1) is 9.60. The molecule has 0 bridgehead atoms. The highest BCUT2D eigenvalue weighted by molar-refractivity contribution is 9.10. The zero-order valence-electron chi connectivity index (χ0n) is 10.4. The van der Waals surface area contributed by atoms with Crippen molar-refractivity contribution in [3.8, 4) is 6.07 Å². The van der Waals surface area contributed by atoms with Crippen LogP contribution in [0.3, 0.4) is 0 Å². The zero-order valence-corrected chi connectivity index (χ0v) is 12.9. The molecule has 0 saturated heterocycles. The molecule has 0 aliphatic carbocycles. The van der Waals surface area contributed by atoms with Crippen LogP contribution < -0.4 is 5.32 Å². The number of carbonyl (C=O) groups excluding carboxylic acids is 1.